The van der Waals surface area contributed by atoms with Gasteiger partial charge in [0.2, 0.25) is 0 Å². The van der Waals surface area contributed by atoms with E-state index in [1.807, 2.05) is 26.0 Å². The number of nitrogens with zero attached hydrogens (tertiary/aromatic N) is 1. The van der Waals surface area contributed by atoms with Crippen molar-refractivity contribution in [1.29, 1.82) is 0 Å². The Morgan fingerprint density at radius 1 is 1.09 bits per heavy atom. The quantitative estimate of drug-likeness (QED) is 0.756. The van der Waals surface area contributed by atoms with Gasteiger partial charge in [-0.15, -0.1) is 0 Å². The van der Waals surface area contributed by atoms with E-state index in [9.17, 15) is 5.11 Å². The normalized spacial score (nSPS) is 10.9. The largest absolute Gasteiger partial charge is 0.508 e. The van der Waals surface area contributed by atoms with Crippen molar-refractivity contribution in [3.8, 4) is 17.2 Å². The average Bonchev–Trinajstić information content (AvgIpc) is 2.50. The molecule has 0 bridgehead atoms. The standard InChI is InChI=1S/C17H18BrNO3/c1-3-21-16-10-12(9-15(18)17(16)22-4-2)11-19-13-5-7-14(20)8-6-13/h5-11,20H,3-4H2,1-2H3. The highest BCUT2D eigenvalue weighted by Crippen LogP contribution is 2.36. The van der Waals surface area contributed by atoms with E-state index in [4.69, 9.17) is 9.47 Å². The predicted octanol–water partition coefficient (Wildman–Crippen LogP) is 4.70. The molecule has 0 atom stereocenters. The first-order valence-corrected chi connectivity index (χ1v) is 7.85. The third kappa shape index (κ3) is 4.24. The molecule has 4 nitrogen and oxygen atoms in total. The minimum absolute atomic E-state index is 0.224. The molecule has 0 aliphatic rings. The van der Waals surface area contributed by atoms with Crippen molar-refractivity contribution in [2.45, 2.75) is 13.8 Å². The fraction of sp³-hybridized carbons (Fsp3) is 0.235. The van der Waals surface area contributed by atoms with Crippen LogP contribution in [0.5, 0.6) is 17.2 Å². The summed E-state index contributed by atoms with van der Waals surface area (Å²) in [4.78, 5) is 4.38. The van der Waals surface area contributed by atoms with Gasteiger partial charge in [-0.3, -0.25) is 4.99 Å². The highest BCUT2D eigenvalue weighted by Gasteiger charge is 2.11. The first-order valence-electron chi connectivity index (χ1n) is 7.06. The average molecular weight is 364 g/mol. The topological polar surface area (TPSA) is 51.0 Å². The number of hydrogen-bond donors (Lipinski definition) is 1. The Labute approximate surface area is 138 Å². The highest BCUT2D eigenvalue weighted by atomic mass is 79.9. The molecule has 2 aromatic carbocycles. The van der Waals surface area contributed by atoms with E-state index in [0.29, 0.717) is 24.7 Å². The molecular formula is C17H18BrNO3. The minimum Gasteiger partial charge on any atom is -0.508 e. The molecule has 22 heavy (non-hydrogen) atoms. The van der Waals surface area contributed by atoms with E-state index in [1.54, 1.807) is 30.5 Å². The van der Waals surface area contributed by atoms with Crippen LogP contribution in [0.2, 0.25) is 0 Å². The van der Waals surface area contributed by atoms with Gasteiger partial charge in [0.25, 0.3) is 0 Å². The van der Waals surface area contributed by atoms with Crippen LogP contribution in [0.4, 0.5) is 5.69 Å². The molecule has 0 saturated carbocycles. The molecule has 0 unspecified atom stereocenters. The van der Waals surface area contributed by atoms with Crippen molar-refractivity contribution in [2.75, 3.05) is 13.2 Å². The van der Waals surface area contributed by atoms with Crippen LogP contribution in [0.15, 0.2) is 45.9 Å². The summed E-state index contributed by atoms with van der Waals surface area (Å²) in [6.45, 7) is 4.99. The number of benzene rings is 2. The van der Waals surface area contributed by atoms with E-state index in [1.165, 1.54) is 0 Å². The van der Waals surface area contributed by atoms with Crippen LogP contribution in [-0.4, -0.2) is 24.5 Å². The molecule has 0 heterocycles. The summed E-state index contributed by atoms with van der Waals surface area (Å²) < 4.78 is 12.1. The number of aromatic hydroxyl groups is 1. The highest BCUT2D eigenvalue weighted by molar-refractivity contribution is 9.10. The van der Waals surface area contributed by atoms with Gasteiger partial charge in [-0.05, 0) is 71.7 Å². The molecule has 0 aliphatic heterocycles. The number of ether oxygens (including phenoxy) is 2. The van der Waals surface area contributed by atoms with Gasteiger partial charge >= 0.3 is 0 Å². The number of rotatable bonds is 6. The maximum absolute atomic E-state index is 9.27. The van der Waals surface area contributed by atoms with Gasteiger partial charge in [0, 0.05) is 6.21 Å². The van der Waals surface area contributed by atoms with Crippen LogP contribution < -0.4 is 9.47 Å². The second-order valence-electron chi connectivity index (χ2n) is 4.47. The third-order valence-electron chi connectivity index (χ3n) is 2.83. The Morgan fingerprint density at radius 2 is 1.77 bits per heavy atom. The van der Waals surface area contributed by atoms with Crippen molar-refractivity contribution in [1.82, 2.24) is 0 Å². The molecular weight excluding hydrogens is 346 g/mol. The van der Waals surface area contributed by atoms with Gasteiger partial charge in [0.1, 0.15) is 5.75 Å². The molecule has 2 rings (SSSR count). The number of phenols is 1. The molecule has 0 amide bonds. The summed E-state index contributed by atoms with van der Waals surface area (Å²) in [5, 5.41) is 9.27. The van der Waals surface area contributed by atoms with Gasteiger partial charge in [0.15, 0.2) is 11.5 Å². The molecule has 0 radical (unpaired) electrons. The number of phenolic OH excluding ortho intramolecular Hbond substituents is 1. The zero-order valence-electron chi connectivity index (χ0n) is 12.5. The lowest BCUT2D eigenvalue weighted by molar-refractivity contribution is 0.286. The summed E-state index contributed by atoms with van der Waals surface area (Å²) in [6, 6.07) is 10.5. The molecule has 0 fully saturated rings. The van der Waals surface area contributed by atoms with E-state index in [-0.39, 0.29) is 5.75 Å². The molecule has 116 valence electrons. The molecule has 2 aromatic rings. The number of halogens is 1. The summed E-state index contributed by atoms with van der Waals surface area (Å²) in [5.41, 5.74) is 1.66. The van der Waals surface area contributed by atoms with Crippen LogP contribution >= 0.6 is 15.9 Å². The van der Waals surface area contributed by atoms with E-state index < -0.39 is 0 Å². The van der Waals surface area contributed by atoms with Crippen molar-refractivity contribution in [2.24, 2.45) is 4.99 Å². The first-order chi connectivity index (χ1) is 10.6. The fourth-order valence-corrected chi connectivity index (χ4v) is 2.47. The third-order valence-corrected chi connectivity index (χ3v) is 3.42. The van der Waals surface area contributed by atoms with Gasteiger partial charge in [-0.25, -0.2) is 0 Å². The van der Waals surface area contributed by atoms with E-state index in [0.717, 1.165) is 15.7 Å². The Balaban J connectivity index is 2.29. The van der Waals surface area contributed by atoms with Crippen molar-refractivity contribution in [3.63, 3.8) is 0 Å². The number of aliphatic imine (C=N–C) groups is 1. The SMILES string of the molecule is CCOc1cc(C=Nc2ccc(O)cc2)cc(Br)c1OCC. The minimum atomic E-state index is 0.224. The van der Waals surface area contributed by atoms with Crippen molar-refractivity contribution in [3.05, 3.63) is 46.4 Å². The molecule has 1 N–H and O–H groups in total. The summed E-state index contributed by atoms with van der Waals surface area (Å²) in [6.07, 6.45) is 1.75. The monoisotopic (exact) mass is 363 g/mol. The Kier molecular flexibility index (Phi) is 5.83. The summed E-state index contributed by atoms with van der Waals surface area (Å²) >= 11 is 3.51. The molecule has 0 aliphatic carbocycles. The van der Waals surface area contributed by atoms with Crippen LogP contribution in [0.1, 0.15) is 19.4 Å². The van der Waals surface area contributed by atoms with E-state index in [2.05, 4.69) is 20.9 Å². The maximum atomic E-state index is 9.27. The molecule has 0 saturated heterocycles. The molecule has 5 heteroatoms. The second-order valence-corrected chi connectivity index (χ2v) is 5.32. The predicted molar refractivity (Wildman–Crippen MR) is 91.8 cm³/mol. The van der Waals surface area contributed by atoms with Gasteiger partial charge < -0.3 is 14.6 Å². The lowest BCUT2D eigenvalue weighted by atomic mass is 10.2. The van der Waals surface area contributed by atoms with Crippen molar-refractivity contribution < 1.29 is 14.6 Å². The smallest absolute Gasteiger partial charge is 0.175 e. The van der Waals surface area contributed by atoms with Crippen molar-refractivity contribution >= 4 is 27.8 Å². The van der Waals surface area contributed by atoms with E-state index >= 15 is 0 Å². The Bertz CT molecular complexity index is 654. The molecule has 0 spiro atoms. The van der Waals surface area contributed by atoms with Gasteiger partial charge in [-0.2, -0.15) is 0 Å². The van der Waals surface area contributed by atoms with Gasteiger partial charge in [-0.1, -0.05) is 0 Å². The number of hydrogen-bond acceptors (Lipinski definition) is 4. The molecule has 0 aromatic heterocycles. The Morgan fingerprint density at radius 3 is 2.41 bits per heavy atom. The zero-order valence-corrected chi connectivity index (χ0v) is 14.1. The summed E-state index contributed by atoms with van der Waals surface area (Å²) in [7, 11) is 0. The zero-order chi connectivity index (χ0) is 15.9. The van der Waals surface area contributed by atoms with Gasteiger partial charge in [0.05, 0.1) is 23.4 Å². The summed E-state index contributed by atoms with van der Waals surface area (Å²) in [5.74, 6) is 1.61. The van der Waals surface area contributed by atoms with Crippen LogP contribution in [0, 0.1) is 0 Å². The Hall–Kier alpha value is -2.01. The second kappa shape index (κ2) is 7.84. The lowest BCUT2D eigenvalue weighted by Crippen LogP contribution is -2.00. The first kappa shape index (κ1) is 16.4. The lowest BCUT2D eigenvalue weighted by Gasteiger charge is -2.13. The van der Waals surface area contributed by atoms with Crippen LogP contribution in [0.3, 0.4) is 0 Å². The van der Waals surface area contributed by atoms with Crippen LogP contribution in [-0.2, 0) is 0 Å². The van der Waals surface area contributed by atoms with Crippen LogP contribution in [0.25, 0.3) is 0 Å². The fourth-order valence-electron chi connectivity index (χ4n) is 1.90. The maximum Gasteiger partial charge on any atom is 0.175 e.